The second-order valence-electron chi connectivity index (χ2n) is 10.4. The lowest BCUT2D eigenvalue weighted by Crippen LogP contribution is -2.34. The Bertz CT molecular complexity index is 1650. The van der Waals surface area contributed by atoms with Gasteiger partial charge in [-0.15, -0.1) is 0 Å². The van der Waals surface area contributed by atoms with Gasteiger partial charge in [0.15, 0.2) is 0 Å². The van der Waals surface area contributed by atoms with E-state index in [1.807, 2.05) is 91.0 Å². The van der Waals surface area contributed by atoms with Crippen molar-refractivity contribution in [1.82, 2.24) is 10.6 Å². The third-order valence-electron chi connectivity index (χ3n) is 7.56. The van der Waals surface area contributed by atoms with Crippen LogP contribution in [0.5, 0.6) is 0 Å². The van der Waals surface area contributed by atoms with Gasteiger partial charge in [0.1, 0.15) is 17.3 Å². The lowest BCUT2D eigenvalue weighted by atomic mass is 10.0. The van der Waals surface area contributed by atoms with E-state index in [1.165, 1.54) is 12.1 Å². The van der Waals surface area contributed by atoms with Crippen LogP contribution < -0.4 is 10.6 Å². The van der Waals surface area contributed by atoms with Crippen LogP contribution in [-0.2, 0) is 19.4 Å². The molecule has 0 unspecified atom stereocenters. The van der Waals surface area contributed by atoms with Gasteiger partial charge in [-0.25, -0.2) is 4.39 Å². The molecule has 1 heterocycles. The van der Waals surface area contributed by atoms with Crippen LogP contribution in [0.3, 0.4) is 0 Å². The van der Waals surface area contributed by atoms with Crippen LogP contribution in [0.25, 0.3) is 22.5 Å². The maximum absolute atomic E-state index is 15.0. The Morgan fingerprint density at radius 2 is 1.61 bits per heavy atom. The molecule has 1 aromatic heterocycles. The maximum atomic E-state index is 15.0. The molecule has 0 aliphatic heterocycles. The number of halogens is 1. The topological polar surface area (TPSA) is 74.5 Å². The number of fused-ring (bicyclic) bond motifs is 1. The first kappa shape index (κ1) is 26.7. The lowest BCUT2D eigenvalue weighted by molar-refractivity contribution is 0.0854. The van der Waals surface area contributed by atoms with Gasteiger partial charge in [0, 0.05) is 31.5 Å². The Morgan fingerprint density at radius 1 is 0.854 bits per heavy atom. The number of carbonyl (C=O) groups is 1. The maximum Gasteiger partial charge on any atom is 0.254 e. The van der Waals surface area contributed by atoms with E-state index in [2.05, 4.69) is 10.6 Å². The van der Waals surface area contributed by atoms with Crippen molar-refractivity contribution < 1.29 is 18.7 Å². The zero-order valence-electron chi connectivity index (χ0n) is 22.5. The second kappa shape index (κ2) is 11.9. The normalized spacial score (nSPS) is 16.0. The van der Waals surface area contributed by atoms with Crippen molar-refractivity contribution in [1.29, 1.82) is 0 Å². The molecule has 0 bridgehead atoms. The average Bonchev–Trinajstić information content (AvgIpc) is 3.60. The Hall–Kier alpha value is -4.52. The van der Waals surface area contributed by atoms with E-state index in [4.69, 9.17) is 4.42 Å². The minimum Gasteiger partial charge on any atom is -0.461 e. The summed E-state index contributed by atoms with van der Waals surface area (Å²) in [6.07, 6.45) is 0.414. The van der Waals surface area contributed by atoms with Gasteiger partial charge in [-0.2, -0.15) is 0 Å². The summed E-state index contributed by atoms with van der Waals surface area (Å²) < 4.78 is 20.9. The molecule has 0 radical (unpaired) electrons. The minimum atomic E-state index is -0.776. The fraction of sp³-hybridized carbons (Fsp3) is 0.171. The van der Waals surface area contributed by atoms with Crippen molar-refractivity contribution in [3.8, 4) is 22.5 Å². The van der Waals surface area contributed by atoms with Gasteiger partial charge < -0.3 is 20.2 Å². The lowest BCUT2D eigenvalue weighted by Gasteiger charge is -2.19. The monoisotopic (exact) mass is 546 g/mol. The fourth-order valence-electron chi connectivity index (χ4n) is 5.40. The molecule has 5 nitrogen and oxygen atoms in total. The van der Waals surface area contributed by atoms with Gasteiger partial charge in [0.25, 0.3) is 5.91 Å². The highest BCUT2D eigenvalue weighted by Crippen LogP contribution is 2.33. The molecule has 6 heteroatoms. The summed E-state index contributed by atoms with van der Waals surface area (Å²) in [5, 5.41) is 17.1. The molecule has 206 valence electrons. The highest BCUT2D eigenvalue weighted by molar-refractivity contribution is 5.95. The molecule has 6 rings (SSSR count). The minimum absolute atomic E-state index is 0.0449. The number of nitrogens with one attached hydrogen (secondary N) is 2. The van der Waals surface area contributed by atoms with Crippen molar-refractivity contribution in [2.24, 2.45) is 0 Å². The van der Waals surface area contributed by atoms with Gasteiger partial charge in [0.2, 0.25) is 0 Å². The molecule has 0 spiro atoms. The van der Waals surface area contributed by atoms with E-state index in [-0.39, 0.29) is 5.56 Å². The predicted octanol–water partition coefficient (Wildman–Crippen LogP) is 6.47. The highest BCUT2D eigenvalue weighted by Gasteiger charge is 2.33. The first-order valence-corrected chi connectivity index (χ1v) is 13.9. The van der Waals surface area contributed by atoms with Gasteiger partial charge in [-0.05, 0) is 52.1 Å². The zero-order chi connectivity index (χ0) is 28.2. The molecule has 4 aromatic carbocycles. The fourth-order valence-corrected chi connectivity index (χ4v) is 5.40. The van der Waals surface area contributed by atoms with Crippen LogP contribution in [0.15, 0.2) is 114 Å². The summed E-state index contributed by atoms with van der Waals surface area (Å²) >= 11 is 0. The number of amides is 1. The van der Waals surface area contributed by atoms with Crippen LogP contribution in [0.1, 0.15) is 38.9 Å². The van der Waals surface area contributed by atoms with Crippen LogP contribution in [0.4, 0.5) is 4.39 Å². The third kappa shape index (κ3) is 5.99. The van der Waals surface area contributed by atoms with Crippen LogP contribution in [0, 0.1) is 5.82 Å². The number of hydrogen-bond donors (Lipinski definition) is 3. The van der Waals surface area contributed by atoms with Crippen molar-refractivity contribution in [3.05, 3.63) is 143 Å². The quantitative estimate of drug-likeness (QED) is 0.185. The number of benzene rings is 4. The molecule has 0 saturated carbocycles. The van der Waals surface area contributed by atoms with Gasteiger partial charge in [0.05, 0.1) is 17.7 Å². The number of hydrogen-bond acceptors (Lipinski definition) is 4. The summed E-state index contributed by atoms with van der Waals surface area (Å²) in [4.78, 5) is 13.1. The Morgan fingerprint density at radius 3 is 2.37 bits per heavy atom. The second-order valence-corrected chi connectivity index (χ2v) is 10.4. The number of furan rings is 1. The summed E-state index contributed by atoms with van der Waals surface area (Å²) in [7, 11) is 0. The molecule has 0 saturated heterocycles. The number of aliphatic hydroxyl groups is 1. The number of carbonyl (C=O) groups excluding carboxylic acids is 1. The van der Waals surface area contributed by atoms with Crippen LogP contribution >= 0.6 is 0 Å². The number of aliphatic hydroxyl groups excluding tert-OH is 1. The largest absolute Gasteiger partial charge is 0.461 e. The smallest absolute Gasteiger partial charge is 0.254 e. The number of rotatable bonds is 9. The Labute approximate surface area is 238 Å². The summed E-state index contributed by atoms with van der Waals surface area (Å²) in [5.41, 5.74) is 5.48. The molecule has 41 heavy (non-hydrogen) atoms. The molecule has 3 N–H and O–H groups in total. The molecule has 2 atom stereocenters. The van der Waals surface area contributed by atoms with Crippen molar-refractivity contribution in [3.63, 3.8) is 0 Å². The van der Waals surface area contributed by atoms with E-state index in [0.717, 1.165) is 52.3 Å². The van der Waals surface area contributed by atoms with Crippen molar-refractivity contribution in [2.75, 3.05) is 6.54 Å². The van der Waals surface area contributed by atoms with E-state index in [1.54, 1.807) is 6.07 Å². The van der Waals surface area contributed by atoms with Crippen molar-refractivity contribution >= 4 is 5.91 Å². The standard InChI is InChI=1S/C35H31FN2O3/c36-31-20-26(24-7-3-1-4-8-24)13-15-29(31)35(40)38-34-30-19-23(11-12-27(30)21-32(34)39)22-37-18-17-28-14-16-33(41-28)25-9-5-2-6-10-25/h1-16,19-20,32,34,37,39H,17-18,21-22H2,(H,38,40)/t32-,34-/m1/s1. The first-order valence-electron chi connectivity index (χ1n) is 13.9. The SMILES string of the molecule is O=C(N[C@@H]1c2cc(CNCCc3ccc(-c4ccccc4)o3)ccc2C[C@H]1O)c1ccc(-c2ccccc2)cc1F. The van der Waals surface area contributed by atoms with E-state index in [0.29, 0.717) is 18.5 Å². The third-order valence-corrected chi connectivity index (χ3v) is 7.56. The summed E-state index contributed by atoms with van der Waals surface area (Å²) in [5.74, 6) is 0.635. The predicted molar refractivity (Wildman–Crippen MR) is 158 cm³/mol. The van der Waals surface area contributed by atoms with E-state index in [9.17, 15) is 14.3 Å². The summed E-state index contributed by atoms with van der Waals surface area (Å²) in [6.45, 7) is 1.37. The van der Waals surface area contributed by atoms with E-state index < -0.39 is 23.9 Å². The highest BCUT2D eigenvalue weighted by atomic mass is 19.1. The molecular formula is C35H31FN2O3. The molecular weight excluding hydrogens is 515 g/mol. The van der Waals surface area contributed by atoms with Crippen LogP contribution in [-0.4, -0.2) is 23.7 Å². The Balaban J connectivity index is 1.07. The molecule has 5 aromatic rings. The van der Waals surface area contributed by atoms with E-state index >= 15 is 0 Å². The molecule has 1 aliphatic carbocycles. The average molecular weight is 547 g/mol. The van der Waals surface area contributed by atoms with Crippen molar-refractivity contribution in [2.45, 2.75) is 31.5 Å². The van der Waals surface area contributed by atoms with Gasteiger partial charge >= 0.3 is 0 Å². The zero-order valence-corrected chi connectivity index (χ0v) is 22.5. The Kier molecular flexibility index (Phi) is 7.76. The molecule has 1 aliphatic rings. The van der Waals surface area contributed by atoms with Crippen LogP contribution in [0.2, 0.25) is 0 Å². The van der Waals surface area contributed by atoms with Gasteiger partial charge in [-0.1, -0.05) is 84.9 Å². The molecule has 1 amide bonds. The summed E-state index contributed by atoms with van der Waals surface area (Å²) in [6, 6.07) is 33.5. The van der Waals surface area contributed by atoms with Gasteiger partial charge in [-0.3, -0.25) is 4.79 Å². The first-order chi connectivity index (χ1) is 20.0. The molecule has 0 fully saturated rings.